The van der Waals surface area contributed by atoms with Crippen LogP contribution < -0.4 is 5.32 Å². The lowest BCUT2D eigenvalue weighted by Gasteiger charge is -2.36. The summed E-state index contributed by atoms with van der Waals surface area (Å²) in [4.78, 5) is 26.0. The minimum Gasteiger partial charge on any atom is -0.472 e. The van der Waals surface area contributed by atoms with Crippen LogP contribution in [0.2, 0.25) is 0 Å². The molecular weight excluding hydrogens is 325 g/mol. The van der Waals surface area contributed by atoms with Crippen LogP contribution in [0, 0.1) is 0 Å². The van der Waals surface area contributed by atoms with Gasteiger partial charge in [0.25, 0.3) is 5.91 Å². The van der Waals surface area contributed by atoms with Crippen LogP contribution in [0.5, 0.6) is 0 Å². The van der Waals surface area contributed by atoms with Gasteiger partial charge in [-0.2, -0.15) is 13.2 Å². The van der Waals surface area contributed by atoms with E-state index in [2.05, 4.69) is 5.32 Å². The van der Waals surface area contributed by atoms with E-state index in [1.165, 1.54) is 36.8 Å². The summed E-state index contributed by atoms with van der Waals surface area (Å²) >= 11 is 0. The molecule has 0 saturated carbocycles. The Labute approximate surface area is 135 Å². The lowest BCUT2D eigenvalue weighted by Crippen LogP contribution is -2.52. The van der Waals surface area contributed by atoms with Crippen molar-refractivity contribution in [3.63, 3.8) is 0 Å². The van der Waals surface area contributed by atoms with Gasteiger partial charge >= 0.3 is 6.18 Å². The molecule has 3 rings (SSSR count). The highest BCUT2D eigenvalue weighted by molar-refractivity contribution is 5.98. The predicted molar refractivity (Wildman–Crippen MR) is 76.9 cm³/mol. The topological polar surface area (TPSA) is 62.6 Å². The van der Waals surface area contributed by atoms with Crippen molar-refractivity contribution in [3.05, 3.63) is 59.5 Å². The predicted octanol–water partition coefficient (Wildman–Crippen LogP) is 2.61. The third kappa shape index (κ3) is 2.86. The second kappa shape index (κ2) is 6.03. The number of alkyl halides is 3. The highest BCUT2D eigenvalue weighted by Crippen LogP contribution is 2.37. The molecule has 2 aromatic rings. The average Bonchev–Trinajstić information content (AvgIpc) is 3.07. The van der Waals surface area contributed by atoms with Crippen molar-refractivity contribution < 1.29 is 27.2 Å². The van der Waals surface area contributed by atoms with Gasteiger partial charge in [-0.15, -0.1) is 0 Å². The number of nitrogens with zero attached hydrogens (tertiary/aromatic N) is 1. The number of hydrogen-bond acceptors (Lipinski definition) is 3. The number of rotatable bonds is 2. The minimum atomic E-state index is -4.63. The maximum absolute atomic E-state index is 13.3. The third-order valence-corrected chi connectivity index (χ3v) is 3.80. The molecule has 1 aromatic heterocycles. The van der Waals surface area contributed by atoms with Gasteiger partial charge in [-0.1, -0.05) is 18.2 Å². The number of nitrogens with one attached hydrogen (secondary N) is 1. The molecule has 1 fully saturated rings. The molecule has 24 heavy (non-hydrogen) atoms. The molecule has 0 radical (unpaired) electrons. The second-order valence-electron chi connectivity index (χ2n) is 5.29. The fraction of sp³-hybridized carbons (Fsp3) is 0.250. The summed E-state index contributed by atoms with van der Waals surface area (Å²) < 4.78 is 44.7. The molecule has 1 atom stereocenters. The Balaban J connectivity index is 2.06. The molecule has 1 aliphatic rings. The molecule has 1 aliphatic heterocycles. The number of halogens is 3. The molecule has 126 valence electrons. The molecule has 0 bridgehead atoms. The third-order valence-electron chi connectivity index (χ3n) is 3.80. The van der Waals surface area contributed by atoms with Crippen LogP contribution in [0.1, 0.15) is 27.5 Å². The molecule has 2 heterocycles. The normalized spacial score (nSPS) is 18.4. The monoisotopic (exact) mass is 338 g/mol. The van der Waals surface area contributed by atoms with E-state index in [0.29, 0.717) is 0 Å². The summed E-state index contributed by atoms with van der Waals surface area (Å²) in [6.07, 6.45) is -2.14. The van der Waals surface area contributed by atoms with Crippen LogP contribution in [-0.2, 0) is 11.0 Å². The second-order valence-corrected chi connectivity index (χ2v) is 5.29. The summed E-state index contributed by atoms with van der Waals surface area (Å²) in [6, 6.07) is 4.83. The van der Waals surface area contributed by atoms with Crippen LogP contribution in [0.25, 0.3) is 0 Å². The first-order chi connectivity index (χ1) is 11.4. The minimum absolute atomic E-state index is 0.104. The van der Waals surface area contributed by atoms with Crippen LogP contribution in [0.4, 0.5) is 13.2 Å². The molecule has 0 aliphatic carbocycles. The Hall–Kier alpha value is -2.77. The Morgan fingerprint density at radius 2 is 2.00 bits per heavy atom. The van der Waals surface area contributed by atoms with E-state index in [1.807, 2.05) is 0 Å². The Kier molecular flexibility index (Phi) is 4.04. The molecule has 0 unspecified atom stereocenters. The maximum Gasteiger partial charge on any atom is 0.416 e. The number of carbonyl (C=O) groups excluding carboxylic acids is 2. The van der Waals surface area contributed by atoms with Gasteiger partial charge in [0, 0.05) is 13.1 Å². The fourth-order valence-corrected chi connectivity index (χ4v) is 2.74. The summed E-state index contributed by atoms with van der Waals surface area (Å²) in [7, 11) is 0. The molecule has 1 N–H and O–H groups in total. The first-order valence-corrected chi connectivity index (χ1v) is 7.16. The molecule has 8 heteroatoms. The number of benzene rings is 1. The van der Waals surface area contributed by atoms with Crippen LogP contribution in [0.3, 0.4) is 0 Å². The van der Waals surface area contributed by atoms with Crippen LogP contribution >= 0.6 is 0 Å². The zero-order chi connectivity index (χ0) is 17.3. The number of piperazine rings is 1. The largest absolute Gasteiger partial charge is 0.472 e. The van der Waals surface area contributed by atoms with Gasteiger partial charge in [0.2, 0.25) is 5.91 Å². The van der Waals surface area contributed by atoms with E-state index < -0.39 is 29.6 Å². The van der Waals surface area contributed by atoms with Crippen molar-refractivity contribution in [2.75, 3.05) is 13.1 Å². The van der Waals surface area contributed by atoms with E-state index in [0.717, 1.165) is 11.0 Å². The summed E-state index contributed by atoms with van der Waals surface area (Å²) in [6.45, 7) is 0.278. The number of amides is 2. The van der Waals surface area contributed by atoms with Crippen molar-refractivity contribution in [1.82, 2.24) is 10.2 Å². The lowest BCUT2D eigenvalue weighted by atomic mass is 9.96. The van der Waals surface area contributed by atoms with Gasteiger partial charge in [0.05, 0.1) is 17.4 Å². The molecule has 0 spiro atoms. The first-order valence-electron chi connectivity index (χ1n) is 7.16. The first kappa shape index (κ1) is 16.1. The van der Waals surface area contributed by atoms with Crippen molar-refractivity contribution in [1.29, 1.82) is 0 Å². The Morgan fingerprint density at radius 3 is 2.67 bits per heavy atom. The standard InChI is InChI=1S/C16H13F3N2O3/c17-16(18,19)12-4-2-1-3-11(12)13-14(22)20-6-7-21(13)15(23)10-5-8-24-9-10/h1-5,8-9,13H,6-7H2,(H,20,22)/t13-/m1/s1. The van der Waals surface area contributed by atoms with Gasteiger partial charge in [-0.05, 0) is 17.7 Å². The van der Waals surface area contributed by atoms with E-state index in [9.17, 15) is 22.8 Å². The molecule has 1 aromatic carbocycles. The van der Waals surface area contributed by atoms with Gasteiger partial charge in [0.15, 0.2) is 0 Å². The van der Waals surface area contributed by atoms with Gasteiger partial charge in [0.1, 0.15) is 12.3 Å². The van der Waals surface area contributed by atoms with Crippen LogP contribution in [0.15, 0.2) is 47.3 Å². The van der Waals surface area contributed by atoms with Crippen molar-refractivity contribution in [2.24, 2.45) is 0 Å². The van der Waals surface area contributed by atoms with E-state index in [-0.39, 0.29) is 24.2 Å². The molecular formula is C16H13F3N2O3. The van der Waals surface area contributed by atoms with Crippen LogP contribution in [-0.4, -0.2) is 29.8 Å². The van der Waals surface area contributed by atoms with Gasteiger partial charge in [-0.3, -0.25) is 9.59 Å². The van der Waals surface area contributed by atoms with Crippen molar-refractivity contribution in [2.45, 2.75) is 12.2 Å². The van der Waals surface area contributed by atoms with E-state index in [1.54, 1.807) is 0 Å². The zero-order valence-corrected chi connectivity index (χ0v) is 12.3. The van der Waals surface area contributed by atoms with Crippen molar-refractivity contribution >= 4 is 11.8 Å². The molecule has 1 saturated heterocycles. The zero-order valence-electron chi connectivity index (χ0n) is 12.3. The summed E-state index contributed by atoms with van der Waals surface area (Å²) in [5.41, 5.74) is -1.00. The maximum atomic E-state index is 13.3. The van der Waals surface area contributed by atoms with Crippen molar-refractivity contribution in [3.8, 4) is 0 Å². The molecule has 5 nitrogen and oxygen atoms in total. The highest BCUT2D eigenvalue weighted by Gasteiger charge is 2.41. The lowest BCUT2D eigenvalue weighted by molar-refractivity contribution is -0.139. The van der Waals surface area contributed by atoms with Gasteiger partial charge < -0.3 is 14.6 Å². The Bertz CT molecular complexity index is 756. The smallest absolute Gasteiger partial charge is 0.416 e. The summed E-state index contributed by atoms with van der Waals surface area (Å²) in [5.74, 6) is -1.20. The Morgan fingerprint density at radius 1 is 1.25 bits per heavy atom. The number of furan rings is 1. The quantitative estimate of drug-likeness (QED) is 0.916. The van der Waals surface area contributed by atoms with E-state index in [4.69, 9.17) is 4.42 Å². The number of hydrogen-bond donors (Lipinski definition) is 1. The van der Waals surface area contributed by atoms with E-state index >= 15 is 0 Å². The highest BCUT2D eigenvalue weighted by atomic mass is 19.4. The average molecular weight is 338 g/mol. The fourth-order valence-electron chi connectivity index (χ4n) is 2.74. The van der Waals surface area contributed by atoms with Gasteiger partial charge in [-0.25, -0.2) is 0 Å². The molecule has 2 amide bonds. The SMILES string of the molecule is O=C1NCCN(C(=O)c2ccoc2)[C@@H]1c1ccccc1C(F)(F)F. The number of carbonyl (C=O) groups is 2. The summed E-state index contributed by atoms with van der Waals surface area (Å²) in [5, 5.41) is 2.52.